The minimum Gasteiger partial charge on any atom is -0.456 e. The summed E-state index contributed by atoms with van der Waals surface area (Å²) in [5.41, 5.74) is 36.8. The SMILES string of the molecule is c1ccc(-n2c3ccccc3c3oc4ccc(-c5ccc6oc7ccccc7c6c5)cc4c32)cc1.c1ccc(-n2c3ccccc3c3oc4ccc(-c5cccc6oc7ccccc7c56)cc4c32)cc1.c1ccc(-n2c3ccccc3c3oc4cccc(-c5ccc6c(c5)oc5ccccc56)c4c32)cc1.c1ccc(-n2c3ccccc3c3oc4cccc(-c5cccc6c5oc5ccccc56)c4c32)cc1. The summed E-state index contributed by atoms with van der Waals surface area (Å²) < 4.78 is 60.0. The molecule has 0 N–H and O–H groups in total. The second-order valence-electron chi connectivity index (χ2n) is 35.8. The van der Waals surface area contributed by atoms with Gasteiger partial charge in [-0.05, 0) is 227 Å². The molecule has 0 amide bonds. The lowest BCUT2D eigenvalue weighted by Gasteiger charge is -2.09. The van der Waals surface area contributed by atoms with Gasteiger partial charge >= 0.3 is 0 Å². The third-order valence-corrected chi connectivity index (χ3v) is 28.0. The Morgan fingerprint density at radius 1 is 0.129 bits per heavy atom. The second-order valence-corrected chi connectivity index (χ2v) is 35.8. The third-order valence-electron chi connectivity index (χ3n) is 28.0. The molecule has 32 rings (SSSR count). The van der Waals surface area contributed by atoms with Gasteiger partial charge in [0.25, 0.3) is 0 Å². The van der Waals surface area contributed by atoms with E-state index in [0.29, 0.717) is 0 Å². The normalized spacial score (nSPS) is 12.0. The molecular weight excluding hydrogens is 1720 g/mol. The summed E-state index contributed by atoms with van der Waals surface area (Å²) in [5.74, 6) is 0. The highest BCUT2D eigenvalue weighted by atomic mass is 16.4. The monoisotopic (exact) mass is 1800 g/mol. The van der Waals surface area contributed by atoms with E-state index in [1.54, 1.807) is 0 Å². The van der Waals surface area contributed by atoms with E-state index in [9.17, 15) is 0 Å². The van der Waals surface area contributed by atoms with Crippen LogP contribution in [0.15, 0.2) is 496 Å². The van der Waals surface area contributed by atoms with Crippen LogP contribution in [0.5, 0.6) is 0 Å². The predicted molar refractivity (Wildman–Crippen MR) is 573 cm³/mol. The van der Waals surface area contributed by atoms with Crippen LogP contribution in [0.3, 0.4) is 0 Å². The summed E-state index contributed by atoms with van der Waals surface area (Å²) in [4.78, 5) is 0. The van der Waals surface area contributed by atoms with Crippen molar-refractivity contribution in [2.45, 2.75) is 0 Å². The van der Waals surface area contributed by atoms with E-state index in [1.807, 2.05) is 78.9 Å². The Labute approximate surface area is 796 Å². The fourth-order valence-electron chi connectivity index (χ4n) is 21.9. The van der Waals surface area contributed by atoms with Crippen molar-refractivity contribution in [3.05, 3.63) is 461 Å². The van der Waals surface area contributed by atoms with Crippen molar-refractivity contribution in [2.75, 3.05) is 0 Å². The molecule has 0 aliphatic carbocycles. The standard InChI is InChI=1S/4C32H19NO2/c1-2-10-20(11-3-1)33-26-17-6-4-13-25(26)32-30(33)29-22(14-9-19-28(29)35-32)24-16-8-15-23-21-12-5-7-18-27(21)34-31(23)24;1-2-9-21(10-3-1)33-26-14-6-4-12-25(26)32-31(33)30-22(13-8-16-28(30)35-32)20-17-18-24-23-11-5-7-15-27(23)34-29(24)19-20;1-2-9-21(10-3-1)33-26-14-6-4-11-23(26)32-31(33)25-19-20(17-18-28(25)35-32)22-13-8-16-29-30(22)24-12-5-7-15-27(24)34-29;1-2-8-22(9-3-1)33-27-12-6-4-11-24(27)32-31(33)26-19-21(15-17-30(26)35-32)20-14-16-29-25(18-20)23-10-5-7-13-28(23)34-29/h4*1-19H. The van der Waals surface area contributed by atoms with E-state index in [1.165, 1.54) is 0 Å². The number of hydrogen-bond donors (Lipinski definition) is 0. The maximum atomic E-state index is 6.55. The van der Waals surface area contributed by atoms with Gasteiger partial charge in [-0.3, -0.25) is 0 Å². The van der Waals surface area contributed by atoms with Crippen molar-refractivity contribution in [3.63, 3.8) is 0 Å². The highest BCUT2D eigenvalue weighted by molar-refractivity contribution is 6.26. The Hall–Kier alpha value is -19.0. The largest absolute Gasteiger partial charge is 0.456 e. The van der Waals surface area contributed by atoms with Crippen LogP contribution in [0.4, 0.5) is 0 Å². The Balaban J connectivity index is 0.0000000896. The number of rotatable bonds is 8. The molecule has 0 radical (unpaired) electrons. The topological polar surface area (TPSA) is 125 Å². The van der Waals surface area contributed by atoms with Crippen molar-refractivity contribution >= 4 is 220 Å². The lowest BCUT2D eigenvalue weighted by Crippen LogP contribution is -1.93. The van der Waals surface area contributed by atoms with Crippen LogP contribution in [0.1, 0.15) is 0 Å². The summed E-state index contributed by atoms with van der Waals surface area (Å²) in [7, 11) is 0. The zero-order valence-corrected chi connectivity index (χ0v) is 74.9. The summed E-state index contributed by atoms with van der Waals surface area (Å²) in [6.07, 6.45) is 0. The first kappa shape index (κ1) is 78.4. The van der Waals surface area contributed by atoms with Crippen LogP contribution >= 0.6 is 0 Å². The smallest absolute Gasteiger partial charge is 0.161 e. The number of benzene rings is 20. The number of furan rings is 8. The fraction of sp³-hybridized carbons (Fsp3) is 0. The summed E-state index contributed by atoms with van der Waals surface area (Å²) in [6.45, 7) is 0. The van der Waals surface area contributed by atoms with Crippen LogP contribution in [-0.4, -0.2) is 18.3 Å². The molecule has 12 heterocycles. The maximum Gasteiger partial charge on any atom is 0.161 e. The van der Waals surface area contributed by atoms with Gasteiger partial charge in [-0.15, -0.1) is 0 Å². The van der Waals surface area contributed by atoms with E-state index < -0.39 is 0 Å². The van der Waals surface area contributed by atoms with E-state index in [4.69, 9.17) is 35.3 Å². The predicted octanol–water partition coefficient (Wildman–Crippen LogP) is 36.4. The molecule has 0 unspecified atom stereocenters. The number of aromatic nitrogens is 4. The van der Waals surface area contributed by atoms with Crippen LogP contribution in [0, 0.1) is 0 Å². The number of para-hydroxylation sites is 13. The van der Waals surface area contributed by atoms with Gasteiger partial charge in [0, 0.05) is 104 Å². The number of fused-ring (bicyclic) bond motifs is 32. The Morgan fingerprint density at radius 3 is 0.893 bits per heavy atom. The minimum atomic E-state index is 0.871. The maximum absolute atomic E-state index is 6.55. The molecule has 0 saturated heterocycles. The van der Waals surface area contributed by atoms with Crippen molar-refractivity contribution in [1.29, 1.82) is 0 Å². The van der Waals surface area contributed by atoms with Crippen LogP contribution in [0.25, 0.3) is 287 Å². The first-order valence-corrected chi connectivity index (χ1v) is 47.1. The average molecular weight is 1800 g/mol. The van der Waals surface area contributed by atoms with Gasteiger partial charge in [-0.1, -0.05) is 273 Å². The Kier molecular flexibility index (Phi) is 17.5. The summed E-state index contributed by atoms with van der Waals surface area (Å²) in [6, 6.07) is 160. The number of hydrogen-bond acceptors (Lipinski definition) is 8. The molecule has 0 bridgehead atoms. The lowest BCUT2D eigenvalue weighted by molar-refractivity contribution is 0.668. The van der Waals surface area contributed by atoms with Crippen LogP contribution in [0.2, 0.25) is 0 Å². The first-order valence-electron chi connectivity index (χ1n) is 47.1. The average Bonchev–Trinajstić information content (AvgIpc) is 2.51. The molecule has 32 aromatic rings. The molecule has 0 fully saturated rings. The molecule has 0 aliphatic heterocycles. The van der Waals surface area contributed by atoms with Gasteiger partial charge < -0.3 is 53.6 Å². The molecule has 12 nitrogen and oxygen atoms in total. The zero-order valence-electron chi connectivity index (χ0n) is 74.9. The van der Waals surface area contributed by atoms with Crippen LogP contribution in [-0.2, 0) is 0 Å². The molecule has 140 heavy (non-hydrogen) atoms. The minimum absolute atomic E-state index is 0.871. The summed E-state index contributed by atoms with van der Waals surface area (Å²) >= 11 is 0. The van der Waals surface area contributed by atoms with Crippen LogP contribution < -0.4 is 0 Å². The van der Waals surface area contributed by atoms with E-state index >= 15 is 0 Å². The van der Waals surface area contributed by atoms with Crippen molar-refractivity contribution < 1.29 is 35.3 Å². The molecule has 656 valence electrons. The summed E-state index contributed by atoms with van der Waals surface area (Å²) in [5, 5.41) is 17.9. The first-order chi connectivity index (χ1) is 69.5. The van der Waals surface area contributed by atoms with Gasteiger partial charge in [0.15, 0.2) is 22.3 Å². The Morgan fingerprint density at radius 2 is 0.400 bits per heavy atom. The van der Waals surface area contributed by atoms with E-state index in [2.05, 4.69) is 400 Å². The lowest BCUT2D eigenvalue weighted by atomic mass is 9.98. The second kappa shape index (κ2) is 31.3. The van der Waals surface area contributed by atoms with E-state index in [-0.39, 0.29) is 0 Å². The molecule has 0 saturated carbocycles. The Bertz CT molecular complexity index is 10600. The van der Waals surface area contributed by atoms with Gasteiger partial charge in [0.2, 0.25) is 0 Å². The third kappa shape index (κ3) is 12.2. The molecule has 12 aromatic heterocycles. The molecular formula is C128H76N4O8. The van der Waals surface area contributed by atoms with Gasteiger partial charge in [0.1, 0.15) is 89.1 Å². The van der Waals surface area contributed by atoms with Gasteiger partial charge in [-0.25, -0.2) is 0 Å². The molecule has 20 aromatic carbocycles. The van der Waals surface area contributed by atoms with Crippen molar-refractivity contribution in [1.82, 2.24) is 18.3 Å². The van der Waals surface area contributed by atoms with E-state index in [0.717, 1.165) is 287 Å². The van der Waals surface area contributed by atoms with Crippen molar-refractivity contribution in [2.24, 2.45) is 0 Å². The van der Waals surface area contributed by atoms with Gasteiger partial charge in [-0.2, -0.15) is 0 Å². The number of nitrogens with zero attached hydrogens (tertiary/aromatic N) is 4. The van der Waals surface area contributed by atoms with Gasteiger partial charge in [0.05, 0.1) is 32.8 Å². The molecule has 0 atom stereocenters. The quantitative estimate of drug-likeness (QED) is 0.147. The molecule has 12 heteroatoms. The zero-order chi connectivity index (χ0) is 91.7. The fourth-order valence-corrected chi connectivity index (χ4v) is 21.9. The highest BCUT2D eigenvalue weighted by Gasteiger charge is 2.29. The molecule has 0 aliphatic rings. The molecule has 0 spiro atoms. The highest BCUT2D eigenvalue weighted by Crippen LogP contribution is 2.51. The van der Waals surface area contributed by atoms with Crippen molar-refractivity contribution in [3.8, 4) is 67.3 Å².